The van der Waals surface area contributed by atoms with Gasteiger partial charge in [-0.25, -0.2) is 9.78 Å². The van der Waals surface area contributed by atoms with Crippen molar-refractivity contribution in [3.63, 3.8) is 0 Å². The van der Waals surface area contributed by atoms with Gasteiger partial charge in [0.2, 0.25) is 5.91 Å². The van der Waals surface area contributed by atoms with Crippen LogP contribution in [-0.4, -0.2) is 29.4 Å². The van der Waals surface area contributed by atoms with Gasteiger partial charge in [0.05, 0.1) is 15.1 Å². The van der Waals surface area contributed by atoms with Crippen LogP contribution >= 0.6 is 34.8 Å². The van der Waals surface area contributed by atoms with E-state index in [2.05, 4.69) is 15.6 Å². The maximum absolute atomic E-state index is 11.9. The van der Waals surface area contributed by atoms with Gasteiger partial charge < -0.3 is 15.4 Å². The van der Waals surface area contributed by atoms with E-state index >= 15 is 0 Å². The molecule has 0 spiro atoms. The number of carbonyl (C=O) groups excluding carboxylic acids is 3. The largest absolute Gasteiger partial charge is 0.451 e. The molecule has 0 unspecified atom stereocenters. The molecule has 26 heavy (non-hydrogen) atoms. The van der Waals surface area contributed by atoms with Crippen LogP contribution in [0.1, 0.15) is 17.4 Å². The summed E-state index contributed by atoms with van der Waals surface area (Å²) in [5, 5.41) is 5.04. The third-order valence-corrected chi connectivity index (χ3v) is 4.17. The van der Waals surface area contributed by atoms with Crippen molar-refractivity contribution in [1.82, 2.24) is 4.98 Å². The smallest absolute Gasteiger partial charge is 0.359 e. The van der Waals surface area contributed by atoms with Crippen LogP contribution in [-0.2, 0) is 14.3 Å². The van der Waals surface area contributed by atoms with Crippen molar-refractivity contribution in [3.8, 4) is 0 Å². The van der Waals surface area contributed by atoms with Crippen LogP contribution in [0.4, 0.5) is 11.4 Å². The molecule has 0 saturated carbocycles. The Morgan fingerprint density at radius 2 is 1.58 bits per heavy atom. The number of carbonyl (C=O) groups is 3. The number of anilines is 2. The molecule has 1 heterocycles. The fourth-order valence-corrected chi connectivity index (χ4v) is 2.38. The Bertz CT molecular complexity index is 857. The Morgan fingerprint density at radius 1 is 1.00 bits per heavy atom. The predicted molar refractivity (Wildman–Crippen MR) is 98.9 cm³/mol. The summed E-state index contributed by atoms with van der Waals surface area (Å²) in [5.74, 6) is -1.69. The Kier molecular flexibility index (Phi) is 6.79. The quantitative estimate of drug-likeness (QED) is 0.723. The van der Waals surface area contributed by atoms with Gasteiger partial charge in [-0.1, -0.05) is 34.8 Å². The van der Waals surface area contributed by atoms with Gasteiger partial charge in [-0.3, -0.25) is 9.59 Å². The van der Waals surface area contributed by atoms with Gasteiger partial charge in [0.1, 0.15) is 0 Å². The third-order valence-electron chi connectivity index (χ3n) is 2.93. The summed E-state index contributed by atoms with van der Waals surface area (Å²) in [4.78, 5) is 38.5. The molecule has 0 atom stereocenters. The lowest BCUT2D eigenvalue weighted by atomic mass is 10.2. The molecular weight excluding hydrogens is 405 g/mol. The average molecular weight is 417 g/mol. The van der Waals surface area contributed by atoms with E-state index in [4.69, 9.17) is 39.5 Å². The molecule has 136 valence electrons. The van der Waals surface area contributed by atoms with Crippen molar-refractivity contribution >= 4 is 64.0 Å². The Labute approximate surface area is 163 Å². The molecule has 2 rings (SSSR count). The van der Waals surface area contributed by atoms with Gasteiger partial charge in [-0.15, -0.1) is 0 Å². The van der Waals surface area contributed by atoms with E-state index in [1.165, 1.54) is 6.92 Å². The fourth-order valence-electron chi connectivity index (χ4n) is 1.82. The minimum atomic E-state index is -0.912. The standard InChI is InChI=1S/C16H12Cl3N3O4/c1-8(23)21-9-2-4-10(5-3-9)22-12(24)7-26-16(25)15-14(19)13(18)11(17)6-20-15/h2-6H,7H2,1H3,(H,21,23)(H,22,24). The van der Waals surface area contributed by atoms with E-state index in [-0.39, 0.29) is 26.7 Å². The van der Waals surface area contributed by atoms with Gasteiger partial charge in [-0.2, -0.15) is 0 Å². The average Bonchev–Trinajstić information content (AvgIpc) is 2.59. The summed E-state index contributed by atoms with van der Waals surface area (Å²) in [7, 11) is 0. The monoisotopic (exact) mass is 415 g/mol. The van der Waals surface area contributed by atoms with E-state index in [1.54, 1.807) is 24.3 Å². The van der Waals surface area contributed by atoms with Crippen LogP contribution in [0.3, 0.4) is 0 Å². The second-order valence-corrected chi connectivity index (χ2v) is 6.13. The highest BCUT2D eigenvalue weighted by Crippen LogP contribution is 2.31. The highest BCUT2D eigenvalue weighted by Gasteiger charge is 2.19. The SMILES string of the molecule is CC(=O)Nc1ccc(NC(=O)COC(=O)c2ncc(Cl)c(Cl)c2Cl)cc1. The van der Waals surface area contributed by atoms with Gasteiger partial charge in [-0.05, 0) is 24.3 Å². The Hall–Kier alpha value is -2.35. The topological polar surface area (TPSA) is 97.4 Å². The molecule has 0 radical (unpaired) electrons. The lowest BCUT2D eigenvalue weighted by Gasteiger charge is -2.09. The maximum atomic E-state index is 11.9. The summed E-state index contributed by atoms with van der Waals surface area (Å²) in [6.07, 6.45) is 1.16. The highest BCUT2D eigenvalue weighted by atomic mass is 35.5. The molecule has 0 bridgehead atoms. The van der Waals surface area contributed by atoms with E-state index in [1.807, 2.05) is 0 Å². The second kappa shape index (κ2) is 8.84. The highest BCUT2D eigenvalue weighted by molar-refractivity contribution is 6.48. The summed E-state index contributed by atoms with van der Waals surface area (Å²) < 4.78 is 4.86. The molecular formula is C16H12Cl3N3O4. The number of hydrogen-bond donors (Lipinski definition) is 2. The number of rotatable bonds is 5. The lowest BCUT2D eigenvalue weighted by Crippen LogP contribution is -2.21. The number of hydrogen-bond acceptors (Lipinski definition) is 5. The van der Waals surface area contributed by atoms with Crippen molar-refractivity contribution in [2.24, 2.45) is 0 Å². The normalized spacial score (nSPS) is 10.2. The van der Waals surface area contributed by atoms with Gasteiger partial charge >= 0.3 is 5.97 Å². The zero-order valence-corrected chi connectivity index (χ0v) is 15.6. The molecule has 2 amide bonds. The maximum Gasteiger partial charge on any atom is 0.359 e. The molecule has 0 fully saturated rings. The number of aromatic nitrogens is 1. The number of halogens is 3. The predicted octanol–water partition coefficient (Wildman–Crippen LogP) is 3.80. The molecule has 0 aliphatic carbocycles. The van der Waals surface area contributed by atoms with Crippen molar-refractivity contribution < 1.29 is 19.1 Å². The Balaban J connectivity index is 1.91. The van der Waals surface area contributed by atoms with E-state index in [0.29, 0.717) is 11.4 Å². The number of esters is 1. The van der Waals surface area contributed by atoms with E-state index in [9.17, 15) is 14.4 Å². The Morgan fingerprint density at radius 3 is 2.15 bits per heavy atom. The number of nitrogens with one attached hydrogen (secondary N) is 2. The number of pyridine rings is 1. The molecule has 2 N–H and O–H groups in total. The summed E-state index contributed by atoms with van der Waals surface area (Å²) >= 11 is 17.4. The minimum absolute atomic E-state index is 0.0287. The molecule has 1 aromatic carbocycles. The number of ether oxygens (including phenoxy) is 1. The molecule has 0 aliphatic rings. The van der Waals surface area contributed by atoms with Crippen LogP contribution in [0.5, 0.6) is 0 Å². The van der Waals surface area contributed by atoms with E-state index in [0.717, 1.165) is 6.20 Å². The van der Waals surface area contributed by atoms with Crippen molar-refractivity contribution in [1.29, 1.82) is 0 Å². The van der Waals surface area contributed by atoms with E-state index < -0.39 is 18.5 Å². The third kappa shape index (κ3) is 5.32. The molecule has 0 saturated heterocycles. The summed E-state index contributed by atoms with van der Waals surface area (Å²) in [5.41, 5.74) is 0.807. The molecule has 0 aliphatic heterocycles. The molecule has 7 nitrogen and oxygen atoms in total. The first kappa shape index (κ1) is 20.0. The van der Waals surface area contributed by atoms with Crippen LogP contribution < -0.4 is 10.6 Å². The number of benzene rings is 1. The first-order chi connectivity index (χ1) is 12.3. The zero-order chi connectivity index (χ0) is 19.3. The van der Waals surface area contributed by atoms with Crippen molar-refractivity contribution in [3.05, 3.63) is 51.2 Å². The van der Waals surface area contributed by atoms with Crippen molar-refractivity contribution in [2.45, 2.75) is 6.92 Å². The first-order valence-electron chi connectivity index (χ1n) is 7.12. The minimum Gasteiger partial charge on any atom is -0.451 e. The second-order valence-electron chi connectivity index (χ2n) is 4.97. The van der Waals surface area contributed by atoms with Crippen LogP contribution in [0, 0.1) is 0 Å². The van der Waals surface area contributed by atoms with Crippen LogP contribution in [0.25, 0.3) is 0 Å². The lowest BCUT2D eigenvalue weighted by molar-refractivity contribution is -0.119. The fraction of sp³-hybridized carbons (Fsp3) is 0.125. The zero-order valence-electron chi connectivity index (χ0n) is 13.3. The number of nitrogens with zero attached hydrogens (tertiary/aromatic N) is 1. The van der Waals surface area contributed by atoms with Crippen molar-refractivity contribution in [2.75, 3.05) is 17.2 Å². The van der Waals surface area contributed by atoms with Gasteiger partial charge in [0.25, 0.3) is 5.91 Å². The van der Waals surface area contributed by atoms with Gasteiger partial charge in [0.15, 0.2) is 12.3 Å². The van der Waals surface area contributed by atoms with Gasteiger partial charge in [0, 0.05) is 24.5 Å². The molecule has 2 aromatic rings. The summed E-state index contributed by atoms with van der Waals surface area (Å²) in [6, 6.07) is 6.40. The molecule has 1 aromatic heterocycles. The molecule has 10 heteroatoms. The number of amides is 2. The summed E-state index contributed by atoms with van der Waals surface area (Å²) in [6.45, 7) is 0.837. The first-order valence-corrected chi connectivity index (χ1v) is 8.25. The van der Waals surface area contributed by atoms with Crippen LogP contribution in [0.15, 0.2) is 30.5 Å². The van der Waals surface area contributed by atoms with Crippen LogP contribution in [0.2, 0.25) is 15.1 Å².